The number of nitrogens with zero attached hydrogens (tertiary/aromatic N) is 1. The quantitative estimate of drug-likeness (QED) is 0.400. The van der Waals surface area contributed by atoms with Crippen molar-refractivity contribution < 1.29 is 14.6 Å². The van der Waals surface area contributed by atoms with Gasteiger partial charge in [0.1, 0.15) is 6.10 Å². The fourth-order valence-electron chi connectivity index (χ4n) is 1.23. The first-order valence-corrected chi connectivity index (χ1v) is 4.45. The molecule has 14 heavy (non-hydrogen) atoms. The van der Waals surface area contributed by atoms with Crippen LogP contribution in [0.5, 0.6) is 0 Å². The highest BCUT2D eigenvalue weighted by atomic mass is 16.5. The van der Waals surface area contributed by atoms with Gasteiger partial charge in [0, 0.05) is 0 Å². The Labute approximate surface area is 82.4 Å². The Hall–Kier alpha value is -1.36. The minimum Gasteiger partial charge on any atom is -0.464 e. The van der Waals surface area contributed by atoms with E-state index in [4.69, 9.17) is 9.84 Å². The highest BCUT2D eigenvalue weighted by molar-refractivity contribution is 5.87. The van der Waals surface area contributed by atoms with Crippen LogP contribution in [-0.4, -0.2) is 29.1 Å². The van der Waals surface area contributed by atoms with Gasteiger partial charge in [-0.25, -0.2) is 10.2 Å². The number of hydrazone groups is 1. The number of ether oxygens (including phenoxy) is 1. The van der Waals surface area contributed by atoms with Crippen molar-refractivity contribution in [2.45, 2.75) is 32.5 Å². The molecular formula is C9H14N2O3. The zero-order chi connectivity index (χ0) is 10.6. The van der Waals surface area contributed by atoms with Gasteiger partial charge in [0.05, 0.1) is 11.8 Å². The topological polar surface area (TPSA) is 70.9 Å². The van der Waals surface area contributed by atoms with Crippen molar-refractivity contribution in [1.82, 2.24) is 5.43 Å². The molecule has 0 spiro atoms. The molecule has 0 bridgehead atoms. The maximum atomic E-state index is 10.2. The van der Waals surface area contributed by atoms with E-state index in [1.165, 1.54) is 0 Å². The van der Waals surface area contributed by atoms with E-state index in [1.807, 2.05) is 24.5 Å². The SMILES string of the molecule is CC(=NNC(=O)O)C1CC=CC(C)O1. The zero-order valence-electron chi connectivity index (χ0n) is 8.23. The highest BCUT2D eigenvalue weighted by Crippen LogP contribution is 2.12. The number of rotatable bonds is 2. The van der Waals surface area contributed by atoms with Gasteiger partial charge >= 0.3 is 6.09 Å². The Balaban J connectivity index is 2.52. The molecule has 78 valence electrons. The molecule has 0 fully saturated rings. The maximum absolute atomic E-state index is 10.2. The van der Waals surface area contributed by atoms with Crippen LogP contribution in [0.2, 0.25) is 0 Å². The van der Waals surface area contributed by atoms with E-state index in [0.29, 0.717) is 5.71 Å². The molecular weight excluding hydrogens is 184 g/mol. The minimum atomic E-state index is -1.16. The molecule has 2 N–H and O–H groups in total. The van der Waals surface area contributed by atoms with Gasteiger partial charge < -0.3 is 9.84 Å². The number of hydrogen-bond acceptors (Lipinski definition) is 3. The second kappa shape index (κ2) is 4.76. The number of carboxylic acid groups (broad SMARTS) is 1. The fraction of sp³-hybridized carbons (Fsp3) is 0.556. The lowest BCUT2D eigenvalue weighted by Gasteiger charge is -2.23. The molecule has 0 saturated carbocycles. The molecule has 5 heteroatoms. The minimum absolute atomic E-state index is 0.0590. The van der Waals surface area contributed by atoms with Crippen LogP contribution in [0.15, 0.2) is 17.3 Å². The van der Waals surface area contributed by atoms with E-state index >= 15 is 0 Å². The Morgan fingerprint density at radius 1 is 1.71 bits per heavy atom. The van der Waals surface area contributed by atoms with Gasteiger partial charge in [0.15, 0.2) is 0 Å². The van der Waals surface area contributed by atoms with Crippen molar-refractivity contribution in [1.29, 1.82) is 0 Å². The number of amides is 1. The smallest absolute Gasteiger partial charge is 0.425 e. The van der Waals surface area contributed by atoms with Crippen LogP contribution in [0.1, 0.15) is 20.3 Å². The standard InChI is InChI=1S/C9H14N2O3/c1-6-4-3-5-8(14-6)7(2)10-11-9(12)13/h3-4,6,8,11H,5H2,1-2H3,(H,12,13). The van der Waals surface area contributed by atoms with Gasteiger partial charge in [-0.05, 0) is 20.3 Å². The lowest BCUT2D eigenvalue weighted by molar-refractivity contribution is 0.0557. The maximum Gasteiger partial charge on any atom is 0.425 e. The summed E-state index contributed by atoms with van der Waals surface area (Å²) in [6.45, 7) is 3.67. The van der Waals surface area contributed by atoms with Gasteiger partial charge in [0.2, 0.25) is 0 Å². The summed E-state index contributed by atoms with van der Waals surface area (Å²) in [5.74, 6) is 0. The number of carbonyl (C=O) groups is 1. The van der Waals surface area contributed by atoms with Crippen LogP contribution in [0, 0.1) is 0 Å². The van der Waals surface area contributed by atoms with Gasteiger partial charge in [-0.2, -0.15) is 5.10 Å². The molecule has 1 aliphatic rings. The molecule has 1 heterocycles. The summed E-state index contributed by atoms with van der Waals surface area (Å²) in [7, 11) is 0. The van der Waals surface area contributed by atoms with Gasteiger partial charge in [-0.1, -0.05) is 12.2 Å². The van der Waals surface area contributed by atoms with E-state index in [-0.39, 0.29) is 12.2 Å². The molecule has 1 rings (SSSR count). The molecule has 2 unspecified atom stereocenters. The van der Waals surface area contributed by atoms with Crippen molar-refractivity contribution in [3.05, 3.63) is 12.2 Å². The summed E-state index contributed by atoms with van der Waals surface area (Å²) >= 11 is 0. The largest absolute Gasteiger partial charge is 0.464 e. The molecule has 0 radical (unpaired) electrons. The van der Waals surface area contributed by atoms with E-state index in [9.17, 15) is 4.79 Å². The van der Waals surface area contributed by atoms with Crippen molar-refractivity contribution in [3.8, 4) is 0 Å². The molecule has 0 aromatic rings. The molecule has 1 amide bonds. The molecule has 0 saturated heterocycles. The van der Waals surface area contributed by atoms with Crippen molar-refractivity contribution in [3.63, 3.8) is 0 Å². The summed E-state index contributed by atoms with van der Waals surface area (Å²) in [5.41, 5.74) is 2.60. The Morgan fingerprint density at radius 2 is 2.43 bits per heavy atom. The third kappa shape index (κ3) is 3.18. The molecule has 0 aliphatic carbocycles. The first-order chi connectivity index (χ1) is 6.59. The Bertz CT molecular complexity index is 273. The molecule has 5 nitrogen and oxygen atoms in total. The second-order valence-corrected chi connectivity index (χ2v) is 3.16. The highest BCUT2D eigenvalue weighted by Gasteiger charge is 2.17. The Morgan fingerprint density at radius 3 is 3.00 bits per heavy atom. The van der Waals surface area contributed by atoms with Crippen molar-refractivity contribution in [2.75, 3.05) is 0 Å². The van der Waals surface area contributed by atoms with E-state index in [0.717, 1.165) is 6.42 Å². The van der Waals surface area contributed by atoms with E-state index in [1.54, 1.807) is 6.92 Å². The summed E-state index contributed by atoms with van der Waals surface area (Å²) in [6.07, 6.45) is 3.49. The molecule has 2 atom stereocenters. The third-order valence-corrected chi connectivity index (χ3v) is 1.93. The first-order valence-electron chi connectivity index (χ1n) is 4.45. The van der Waals surface area contributed by atoms with Crippen LogP contribution in [0.3, 0.4) is 0 Å². The monoisotopic (exact) mass is 198 g/mol. The summed E-state index contributed by atoms with van der Waals surface area (Å²) in [5, 5.41) is 12.0. The Kier molecular flexibility index (Phi) is 3.64. The number of hydrogen-bond donors (Lipinski definition) is 2. The van der Waals surface area contributed by atoms with E-state index < -0.39 is 6.09 Å². The van der Waals surface area contributed by atoms with Crippen LogP contribution >= 0.6 is 0 Å². The summed E-state index contributed by atoms with van der Waals surface area (Å²) < 4.78 is 5.53. The molecule has 0 aromatic carbocycles. The summed E-state index contributed by atoms with van der Waals surface area (Å²) in [4.78, 5) is 10.2. The van der Waals surface area contributed by atoms with Crippen molar-refractivity contribution >= 4 is 11.8 Å². The van der Waals surface area contributed by atoms with Crippen molar-refractivity contribution in [2.24, 2.45) is 5.10 Å². The lowest BCUT2D eigenvalue weighted by Crippen LogP contribution is -2.30. The van der Waals surface area contributed by atoms with Gasteiger partial charge in [0.25, 0.3) is 0 Å². The van der Waals surface area contributed by atoms with Crippen LogP contribution in [-0.2, 0) is 4.74 Å². The molecule has 1 aliphatic heterocycles. The average molecular weight is 198 g/mol. The van der Waals surface area contributed by atoms with Crippen LogP contribution in [0.25, 0.3) is 0 Å². The summed E-state index contributed by atoms with van der Waals surface area (Å²) in [6, 6.07) is 0. The van der Waals surface area contributed by atoms with Gasteiger partial charge in [-0.15, -0.1) is 0 Å². The fourth-order valence-corrected chi connectivity index (χ4v) is 1.23. The number of nitrogens with one attached hydrogen (secondary N) is 1. The van der Waals surface area contributed by atoms with Crippen LogP contribution in [0.4, 0.5) is 4.79 Å². The average Bonchev–Trinajstić information content (AvgIpc) is 2.14. The third-order valence-electron chi connectivity index (χ3n) is 1.93. The van der Waals surface area contributed by atoms with Crippen LogP contribution < -0.4 is 5.43 Å². The lowest BCUT2D eigenvalue weighted by atomic mass is 10.1. The predicted molar refractivity (Wildman–Crippen MR) is 52.4 cm³/mol. The first kappa shape index (κ1) is 10.7. The predicted octanol–water partition coefficient (Wildman–Crippen LogP) is 1.36. The van der Waals surface area contributed by atoms with Gasteiger partial charge in [-0.3, -0.25) is 0 Å². The normalized spacial score (nSPS) is 27.4. The van der Waals surface area contributed by atoms with E-state index in [2.05, 4.69) is 5.10 Å². The second-order valence-electron chi connectivity index (χ2n) is 3.16. The zero-order valence-corrected chi connectivity index (χ0v) is 8.23. The molecule has 0 aromatic heterocycles.